The highest BCUT2D eigenvalue weighted by Crippen LogP contribution is 2.38. The van der Waals surface area contributed by atoms with Crippen LogP contribution in [0.2, 0.25) is 5.02 Å². The molecule has 2 atom stereocenters. The van der Waals surface area contributed by atoms with Gasteiger partial charge in [0.15, 0.2) is 0 Å². The Morgan fingerprint density at radius 2 is 2.33 bits per heavy atom. The van der Waals surface area contributed by atoms with Gasteiger partial charge in [0.05, 0.1) is 7.11 Å². The third-order valence-corrected chi connectivity index (χ3v) is 3.78. The van der Waals surface area contributed by atoms with E-state index in [2.05, 4.69) is 12.2 Å². The molecule has 1 N–H and O–H groups in total. The number of rotatable bonds is 3. The van der Waals surface area contributed by atoms with Crippen LogP contribution in [0.25, 0.3) is 0 Å². The molecule has 0 amide bonds. The zero-order chi connectivity index (χ0) is 13.2. The maximum atomic E-state index is 12.1. The van der Waals surface area contributed by atoms with E-state index in [-0.39, 0.29) is 5.97 Å². The lowest BCUT2D eigenvalue weighted by Crippen LogP contribution is -2.45. The molecule has 0 aromatic heterocycles. The highest BCUT2D eigenvalue weighted by atomic mass is 35.5. The number of esters is 1. The van der Waals surface area contributed by atoms with E-state index in [0.29, 0.717) is 10.9 Å². The molecule has 1 saturated carbocycles. The second-order valence-corrected chi connectivity index (χ2v) is 5.49. The zero-order valence-corrected chi connectivity index (χ0v) is 11.5. The van der Waals surface area contributed by atoms with Crippen molar-refractivity contribution in [2.75, 3.05) is 12.4 Å². The van der Waals surface area contributed by atoms with E-state index in [1.165, 1.54) is 7.11 Å². The molecule has 0 bridgehead atoms. The number of hydrogen-bond donors (Lipinski definition) is 1. The molecule has 1 aromatic rings. The quantitative estimate of drug-likeness (QED) is 0.852. The van der Waals surface area contributed by atoms with Crippen LogP contribution in [0.4, 0.5) is 5.69 Å². The van der Waals surface area contributed by atoms with Crippen molar-refractivity contribution < 1.29 is 9.53 Å². The van der Waals surface area contributed by atoms with E-state index >= 15 is 0 Å². The summed E-state index contributed by atoms with van der Waals surface area (Å²) in [5.41, 5.74) is 0.265. The van der Waals surface area contributed by atoms with Crippen molar-refractivity contribution >= 4 is 23.3 Å². The zero-order valence-electron chi connectivity index (χ0n) is 10.7. The van der Waals surface area contributed by atoms with Crippen LogP contribution < -0.4 is 5.32 Å². The standard InChI is InChI=1S/C14H18ClNO2/c1-10-6-7-14(9-10,13(17)18-2)16-12-5-3-4-11(15)8-12/h3-5,8,10,16H,6-7,9H2,1-2H3. The van der Waals surface area contributed by atoms with Crippen LogP contribution in [0.15, 0.2) is 24.3 Å². The van der Waals surface area contributed by atoms with Crippen LogP contribution in [0.1, 0.15) is 26.2 Å². The van der Waals surface area contributed by atoms with Crippen LogP contribution in [0.3, 0.4) is 0 Å². The van der Waals surface area contributed by atoms with Gasteiger partial charge in [-0.1, -0.05) is 24.6 Å². The van der Waals surface area contributed by atoms with Gasteiger partial charge >= 0.3 is 5.97 Å². The number of nitrogens with one attached hydrogen (secondary N) is 1. The predicted octanol–water partition coefficient (Wildman–Crippen LogP) is 3.48. The third kappa shape index (κ3) is 2.61. The van der Waals surface area contributed by atoms with Crippen molar-refractivity contribution in [3.8, 4) is 0 Å². The second kappa shape index (κ2) is 5.19. The summed E-state index contributed by atoms with van der Waals surface area (Å²) in [5.74, 6) is 0.336. The molecule has 4 heteroatoms. The lowest BCUT2D eigenvalue weighted by Gasteiger charge is -2.28. The molecule has 1 aliphatic carbocycles. The van der Waals surface area contributed by atoms with E-state index in [9.17, 15) is 4.79 Å². The number of anilines is 1. The largest absolute Gasteiger partial charge is 0.467 e. The van der Waals surface area contributed by atoms with Gasteiger partial charge in [-0.3, -0.25) is 0 Å². The van der Waals surface area contributed by atoms with Crippen molar-refractivity contribution in [3.63, 3.8) is 0 Å². The number of carbonyl (C=O) groups is 1. The van der Waals surface area contributed by atoms with E-state index < -0.39 is 5.54 Å². The van der Waals surface area contributed by atoms with Gasteiger partial charge < -0.3 is 10.1 Å². The average Bonchev–Trinajstić information content (AvgIpc) is 2.71. The number of methoxy groups -OCH3 is 1. The Hall–Kier alpha value is -1.22. The first kappa shape index (κ1) is 13.2. The number of hydrogen-bond acceptors (Lipinski definition) is 3. The van der Waals surface area contributed by atoms with Crippen molar-refractivity contribution in [2.45, 2.75) is 31.7 Å². The molecular weight excluding hydrogens is 250 g/mol. The Morgan fingerprint density at radius 3 is 2.89 bits per heavy atom. The molecule has 3 nitrogen and oxygen atoms in total. The smallest absolute Gasteiger partial charge is 0.331 e. The molecule has 0 radical (unpaired) electrons. The molecule has 2 rings (SSSR count). The van der Waals surface area contributed by atoms with Crippen molar-refractivity contribution in [3.05, 3.63) is 29.3 Å². The molecule has 2 unspecified atom stereocenters. The van der Waals surface area contributed by atoms with Gasteiger partial charge in [0.2, 0.25) is 0 Å². The van der Waals surface area contributed by atoms with Crippen molar-refractivity contribution in [2.24, 2.45) is 5.92 Å². The lowest BCUT2D eigenvalue weighted by molar-refractivity contribution is -0.145. The summed E-state index contributed by atoms with van der Waals surface area (Å²) < 4.78 is 4.95. The Balaban J connectivity index is 2.23. The first-order valence-corrected chi connectivity index (χ1v) is 6.56. The molecule has 0 spiro atoms. The number of benzene rings is 1. The molecular formula is C14H18ClNO2. The summed E-state index contributed by atoms with van der Waals surface area (Å²) in [6, 6.07) is 7.43. The summed E-state index contributed by atoms with van der Waals surface area (Å²) in [7, 11) is 1.44. The molecule has 18 heavy (non-hydrogen) atoms. The van der Waals surface area contributed by atoms with Gasteiger partial charge in [0.25, 0.3) is 0 Å². The van der Waals surface area contributed by atoms with E-state index in [4.69, 9.17) is 16.3 Å². The second-order valence-electron chi connectivity index (χ2n) is 5.06. The molecule has 1 aromatic carbocycles. The van der Waals surface area contributed by atoms with Crippen LogP contribution >= 0.6 is 11.6 Å². The van der Waals surface area contributed by atoms with Gasteiger partial charge in [-0.25, -0.2) is 4.79 Å². The maximum Gasteiger partial charge on any atom is 0.331 e. The van der Waals surface area contributed by atoms with Crippen molar-refractivity contribution in [1.82, 2.24) is 0 Å². The number of ether oxygens (including phenoxy) is 1. The molecule has 1 fully saturated rings. The molecule has 0 heterocycles. The molecule has 0 aliphatic heterocycles. The molecule has 1 aliphatic rings. The van der Waals surface area contributed by atoms with Crippen LogP contribution in [-0.2, 0) is 9.53 Å². The maximum absolute atomic E-state index is 12.1. The first-order chi connectivity index (χ1) is 8.55. The topological polar surface area (TPSA) is 38.3 Å². The Morgan fingerprint density at radius 1 is 1.56 bits per heavy atom. The van der Waals surface area contributed by atoms with Gasteiger partial charge in [-0.2, -0.15) is 0 Å². The fraction of sp³-hybridized carbons (Fsp3) is 0.500. The van der Waals surface area contributed by atoms with E-state index in [1.54, 1.807) is 0 Å². The minimum Gasteiger partial charge on any atom is -0.467 e. The van der Waals surface area contributed by atoms with E-state index in [0.717, 1.165) is 24.9 Å². The number of carbonyl (C=O) groups excluding carboxylic acids is 1. The monoisotopic (exact) mass is 267 g/mol. The Kier molecular flexibility index (Phi) is 3.81. The minimum atomic E-state index is -0.598. The fourth-order valence-electron chi connectivity index (χ4n) is 2.68. The first-order valence-electron chi connectivity index (χ1n) is 6.18. The normalized spacial score (nSPS) is 26.9. The highest BCUT2D eigenvalue weighted by Gasteiger charge is 2.45. The lowest BCUT2D eigenvalue weighted by atomic mass is 9.95. The fourth-order valence-corrected chi connectivity index (χ4v) is 2.87. The summed E-state index contributed by atoms with van der Waals surface area (Å²) in [4.78, 5) is 12.1. The number of halogens is 1. The van der Waals surface area contributed by atoms with Gasteiger partial charge in [-0.05, 0) is 43.4 Å². The van der Waals surface area contributed by atoms with Crippen LogP contribution in [0, 0.1) is 5.92 Å². The summed E-state index contributed by atoms with van der Waals surface area (Å²) in [6.07, 6.45) is 2.63. The molecule has 0 saturated heterocycles. The van der Waals surface area contributed by atoms with Gasteiger partial charge in [0.1, 0.15) is 5.54 Å². The SMILES string of the molecule is COC(=O)C1(Nc2cccc(Cl)c2)CCC(C)C1. The highest BCUT2D eigenvalue weighted by molar-refractivity contribution is 6.30. The average molecular weight is 268 g/mol. The van der Waals surface area contributed by atoms with Crippen molar-refractivity contribution in [1.29, 1.82) is 0 Å². The summed E-state index contributed by atoms with van der Waals surface area (Å²) in [6.45, 7) is 2.16. The Bertz CT molecular complexity index is 449. The Labute approximate surface area is 112 Å². The third-order valence-electron chi connectivity index (χ3n) is 3.55. The van der Waals surface area contributed by atoms with Gasteiger partial charge in [-0.15, -0.1) is 0 Å². The van der Waals surface area contributed by atoms with E-state index in [1.807, 2.05) is 24.3 Å². The van der Waals surface area contributed by atoms with Crippen LogP contribution in [0.5, 0.6) is 0 Å². The summed E-state index contributed by atoms with van der Waals surface area (Å²) >= 11 is 5.96. The van der Waals surface area contributed by atoms with Gasteiger partial charge in [0, 0.05) is 10.7 Å². The van der Waals surface area contributed by atoms with Crippen LogP contribution in [-0.4, -0.2) is 18.6 Å². The molecule has 98 valence electrons. The predicted molar refractivity (Wildman–Crippen MR) is 72.8 cm³/mol. The minimum absolute atomic E-state index is 0.188. The summed E-state index contributed by atoms with van der Waals surface area (Å²) in [5, 5.41) is 3.98.